The van der Waals surface area contributed by atoms with Crippen LogP contribution in [0.15, 0.2) is 64.3 Å². The summed E-state index contributed by atoms with van der Waals surface area (Å²) in [6, 6.07) is 13.9. The van der Waals surface area contributed by atoms with E-state index >= 15 is 0 Å². The molecule has 1 aliphatic rings. The Hall–Kier alpha value is -3.58. The Kier molecular flexibility index (Phi) is 7.79. The molecule has 2 heterocycles. The van der Waals surface area contributed by atoms with Crippen LogP contribution in [0.25, 0.3) is 11.0 Å². The summed E-state index contributed by atoms with van der Waals surface area (Å²) in [5.41, 5.74) is 2.41. The van der Waals surface area contributed by atoms with E-state index in [4.69, 9.17) is 9.15 Å². The summed E-state index contributed by atoms with van der Waals surface area (Å²) in [5, 5.41) is 11.7. The predicted octanol–water partition coefficient (Wildman–Crippen LogP) is 5.45. The molecule has 0 aliphatic carbocycles. The maximum atomic E-state index is 13.7. The first-order valence-corrected chi connectivity index (χ1v) is 12.6. The molecule has 1 unspecified atom stereocenters. The molecule has 7 nitrogen and oxygen atoms in total. The van der Waals surface area contributed by atoms with E-state index in [2.05, 4.69) is 18.7 Å². The highest BCUT2D eigenvalue weighted by Crippen LogP contribution is 2.40. The quantitative estimate of drug-likeness (QED) is 0.360. The van der Waals surface area contributed by atoms with Gasteiger partial charge in [0.2, 0.25) is 5.78 Å². The SMILES string of the molecule is CCOc1ccc(C2C(C(=O)c3cc4cc(C)ccc4o3)=C(O)C(=O)N2CCCN(CC)CC)cc1. The fourth-order valence-electron chi connectivity index (χ4n) is 4.79. The van der Waals surface area contributed by atoms with Crippen LogP contribution < -0.4 is 4.74 Å². The summed E-state index contributed by atoms with van der Waals surface area (Å²) in [4.78, 5) is 30.8. The van der Waals surface area contributed by atoms with Gasteiger partial charge in [0, 0.05) is 11.9 Å². The Morgan fingerprint density at radius 3 is 2.47 bits per heavy atom. The summed E-state index contributed by atoms with van der Waals surface area (Å²) in [6.07, 6.45) is 0.722. The number of fused-ring (bicyclic) bond motifs is 1. The van der Waals surface area contributed by atoms with Gasteiger partial charge in [-0.1, -0.05) is 37.6 Å². The van der Waals surface area contributed by atoms with Crippen molar-refractivity contribution in [1.82, 2.24) is 9.80 Å². The van der Waals surface area contributed by atoms with Gasteiger partial charge < -0.3 is 24.1 Å². The molecule has 4 rings (SSSR count). The molecule has 36 heavy (non-hydrogen) atoms. The van der Waals surface area contributed by atoms with Crippen molar-refractivity contribution in [3.63, 3.8) is 0 Å². The van der Waals surface area contributed by atoms with E-state index in [1.54, 1.807) is 11.0 Å². The number of hydrogen-bond acceptors (Lipinski definition) is 6. The number of furan rings is 1. The van der Waals surface area contributed by atoms with E-state index in [-0.39, 0.29) is 11.3 Å². The van der Waals surface area contributed by atoms with Gasteiger partial charge in [0.15, 0.2) is 11.5 Å². The summed E-state index contributed by atoms with van der Waals surface area (Å²) < 4.78 is 11.4. The average Bonchev–Trinajstić information content (AvgIpc) is 3.41. The van der Waals surface area contributed by atoms with Gasteiger partial charge >= 0.3 is 0 Å². The minimum Gasteiger partial charge on any atom is -0.503 e. The van der Waals surface area contributed by atoms with Crippen molar-refractivity contribution in [2.24, 2.45) is 0 Å². The summed E-state index contributed by atoms with van der Waals surface area (Å²) in [6.45, 7) is 11.7. The number of nitrogens with zero attached hydrogens (tertiary/aromatic N) is 2. The topological polar surface area (TPSA) is 83.2 Å². The second-order valence-electron chi connectivity index (χ2n) is 9.03. The Morgan fingerprint density at radius 2 is 1.81 bits per heavy atom. The van der Waals surface area contributed by atoms with Gasteiger partial charge in [0.1, 0.15) is 11.3 Å². The van der Waals surface area contributed by atoms with Crippen LogP contribution >= 0.6 is 0 Å². The molecular formula is C29H34N2O5. The molecule has 1 N–H and O–H groups in total. The zero-order valence-corrected chi connectivity index (χ0v) is 21.4. The number of Topliss-reactive ketones (excluding diaryl/α,β-unsaturated/α-hetero) is 1. The number of rotatable bonds is 11. The Balaban J connectivity index is 1.70. The smallest absolute Gasteiger partial charge is 0.290 e. The number of aliphatic hydroxyl groups is 1. The van der Waals surface area contributed by atoms with E-state index in [1.165, 1.54) is 0 Å². The molecule has 7 heteroatoms. The van der Waals surface area contributed by atoms with Crippen LogP contribution in [0.2, 0.25) is 0 Å². The van der Waals surface area contributed by atoms with Gasteiger partial charge in [0.05, 0.1) is 18.2 Å². The van der Waals surface area contributed by atoms with Gasteiger partial charge in [-0.2, -0.15) is 0 Å². The van der Waals surface area contributed by atoms with Gasteiger partial charge in [-0.15, -0.1) is 0 Å². The molecule has 0 radical (unpaired) electrons. The first-order chi connectivity index (χ1) is 17.4. The third-order valence-electron chi connectivity index (χ3n) is 6.72. The van der Waals surface area contributed by atoms with E-state index in [1.807, 2.05) is 56.3 Å². The standard InChI is InChI=1S/C29H34N2O5/c1-5-30(6-2)15-8-16-31-26(20-10-12-22(13-11-20)35-7-3)25(28(33)29(31)34)27(32)24-18-21-17-19(4)9-14-23(21)36-24/h9-14,17-18,26,33H,5-8,15-16H2,1-4H3. The Bertz CT molecular complexity index is 1270. The number of aryl methyl sites for hydroxylation is 1. The highest BCUT2D eigenvalue weighted by Gasteiger charge is 2.44. The van der Waals surface area contributed by atoms with Gasteiger partial charge in [-0.25, -0.2) is 0 Å². The van der Waals surface area contributed by atoms with E-state index in [9.17, 15) is 14.7 Å². The van der Waals surface area contributed by atoms with Gasteiger partial charge in [-0.3, -0.25) is 9.59 Å². The number of carbonyl (C=O) groups is 2. The number of carbonyl (C=O) groups excluding carboxylic acids is 2. The van der Waals surface area contributed by atoms with Crippen molar-refractivity contribution >= 4 is 22.7 Å². The van der Waals surface area contributed by atoms with Crippen LogP contribution in [0, 0.1) is 6.92 Å². The lowest BCUT2D eigenvalue weighted by atomic mass is 9.95. The highest BCUT2D eigenvalue weighted by molar-refractivity contribution is 6.16. The molecule has 0 saturated carbocycles. The second-order valence-corrected chi connectivity index (χ2v) is 9.03. The summed E-state index contributed by atoms with van der Waals surface area (Å²) >= 11 is 0. The Labute approximate surface area is 211 Å². The zero-order chi connectivity index (χ0) is 25.8. The molecule has 3 aromatic rings. The first-order valence-electron chi connectivity index (χ1n) is 12.6. The fraction of sp³-hybridized carbons (Fsp3) is 0.379. The second kappa shape index (κ2) is 11.0. The molecule has 190 valence electrons. The third-order valence-corrected chi connectivity index (χ3v) is 6.72. The van der Waals surface area contributed by atoms with Crippen LogP contribution in [-0.4, -0.2) is 59.4 Å². The largest absolute Gasteiger partial charge is 0.503 e. The van der Waals surface area contributed by atoms with Crippen molar-refractivity contribution in [1.29, 1.82) is 0 Å². The minimum absolute atomic E-state index is 0.0442. The molecule has 1 atom stereocenters. The van der Waals surface area contributed by atoms with Crippen molar-refractivity contribution in [2.45, 2.75) is 40.2 Å². The van der Waals surface area contributed by atoms with Gasteiger partial charge in [-0.05, 0) is 75.8 Å². The molecule has 1 aliphatic heterocycles. The maximum Gasteiger partial charge on any atom is 0.290 e. The van der Waals surface area contributed by atoms with Crippen LogP contribution in [0.1, 0.15) is 54.9 Å². The monoisotopic (exact) mass is 490 g/mol. The lowest BCUT2D eigenvalue weighted by molar-refractivity contribution is -0.129. The molecule has 0 spiro atoms. The van der Waals surface area contributed by atoms with Crippen molar-refractivity contribution in [3.05, 3.63) is 76.8 Å². The summed E-state index contributed by atoms with van der Waals surface area (Å²) in [7, 11) is 0. The Morgan fingerprint density at radius 1 is 1.08 bits per heavy atom. The normalized spacial score (nSPS) is 16.0. The zero-order valence-electron chi connectivity index (χ0n) is 21.4. The van der Waals surface area contributed by atoms with Crippen LogP contribution in [0.3, 0.4) is 0 Å². The van der Waals surface area contributed by atoms with Crippen molar-refractivity contribution in [3.8, 4) is 5.75 Å². The minimum atomic E-state index is -0.715. The third kappa shape index (κ3) is 5.02. The lowest BCUT2D eigenvalue weighted by Crippen LogP contribution is -2.34. The van der Waals surface area contributed by atoms with E-state index in [0.29, 0.717) is 24.5 Å². The number of ether oxygens (including phenoxy) is 1. The predicted molar refractivity (Wildman–Crippen MR) is 139 cm³/mol. The number of amides is 1. The molecular weight excluding hydrogens is 456 g/mol. The lowest BCUT2D eigenvalue weighted by Gasteiger charge is -2.28. The number of ketones is 1. The van der Waals surface area contributed by atoms with Crippen molar-refractivity contribution < 1.29 is 23.8 Å². The highest BCUT2D eigenvalue weighted by atomic mass is 16.5. The number of aliphatic hydroxyl groups excluding tert-OH is 1. The molecule has 0 bridgehead atoms. The molecule has 0 fully saturated rings. The average molecular weight is 491 g/mol. The van der Waals surface area contributed by atoms with E-state index in [0.717, 1.165) is 42.6 Å². The molecule has 0 saturated heterocycles. The fourth-order valence-corrected chi connectivity index (χ4v) is 4.79. The summed E-state index contributed by atoms with van der Waals surface area (Å²) in [5.74, 6) is -0.736. The maximum absolute atomic E-state index is 13.7. The van der Waals surface area contributed by atoms with Gasteiger partial charge in [0.25, 0.3) is 5.91 Å². The molecule has 1 aromatic heterocycles. The van der Waals surface area contributed by atoms with E-state index < -0.39 is 23.5 Å². The number of benzene rings is 2. The number of hydrogen-bond donors (Lipinski definition) is 1. The first kappa shape index (κ1) is 25.5. The molecule has 1 amide bonds. The van der Waals surface area contributed by atoms with Crippen molar-refractivity contribution in [2.75, 3.05) is 32.8 Å². The van der Waals surface area contributed by atoms with Crippen LogP contribution in [-0.2, 0) is 4.79 Å². The van der Waals surface area contributed by atoms with Crippen LogP contribution in [0.5, 0.6) is 5.75 Å². The molecule has 2 aromatic carbocycles. The van der Waals surface area contributed by atoms with Crippen LogP contribution in [0.4, 0.5) is 0 Å².